The Hall–Kier alpha value is -0.710. The Kier molecular flexibility index (Phi) is 2.44. The standard InChI is InChI=1S/C15H22O4/c1-8-10(17)4-9-5-15(19)6-13(2,7-16)12(18)11(15)14(8,9)3/h4,8,11-12,16,18-19H,5-7H2,1-3H3/t8-,11-,12+,13-,14+,15+/m0/s1. The third-order valence-electron chi connectivity index (χ3n) is 6.16. The lowest BCUT2D eigenvalue weighted by atomic mass is 9.67. The van der Waals surface area contributed by atoms with E-state index in [9.17, 15) is 20.1 Å². The van der Waals surface area contributed by atoms with Crippen molar-refractivity contribution in [2.75, 3.05) is 6.61 Å². The number of carbonyl (C=O) groups is 1. The predicted molar refractivity (Wildman–Crippen MR) is 69.2 cm³/mol. The second-order valence-electron chi connectivity index (χ2n) is 7.27. The van der Waals surface area contributed by atoms with Crippen LogP contribution in [0.4, 0.5) is 0 Å². The third kappa shape index (κ3) is 1.32. The second-order valence-corrected chi connectivity index (χ2v) is 7.27. The fraction of sp³-hybridized carbons (Fsp3) is 0.800. The summed E-state index contributed by atoms with van der Waals surface area (Å²) in [6.07, 6.45) is 1.70. The molecule has 0 aromatic carbocycles. The summed E-state index contributed by atoms with van der Waals surface area (Å²) in [6, 6.07) is 0. The summed E-state index contributed by atoms with van der Waals surface area (Å²) in [4.78, 5) is 11.9. The zero-order valence-corrected chi connectivity index (χ0v) is 11.7. The van der Waals surface area contributed by atoms with Gasteiger partial charge in [0.05, 0.1) is 18.3 Å². The maximum Gasteiger partial charge on any atom is 0.159 e. The second kappa shape index (κ2) is 3.48. The molecule has 0 saturated heterocycles. The van der Waals surface area contributed by atoms with Gasteiger partial charge in [-0.3, -0.25) is 4.79 Å². The van der Waals surface area contributed by atoms with Crippen LogP contribution in [0.1, 0.15) is 33.6 Å². The van der Waals surface area contributed by atoms with Crippen LogP contribution in [-0.4, -0.2) is 39.4 Å². The zero-order valence-electron chi connectivity index (χ0n) is 11.7. The minimum absolute atomic E-state index is 0.0874. The summed E-state index contributed by atoms with van der Waals surface area (Å²) < 4.78 is 0. The lowest BCUT2D eigenvalue weighted by molar-refractivity contribution is -0.123. The Morgan fingerprint density at radius 2 is 2.05 bits per heavy atom. The van der Waals surface area contributed by atoms with Gasteiger partial charge in [-0.25, -0.2) is 0 Å². The molecule has 106 valence electrons. The molecule has 0 bridgehead atoms. The van der Waals surface area contributed by atoms with E-state index >= 15 is 0 Å². The number of fused-ring (bicyclic) bond motifs is 3. The van der Waals surface area contributed by atoms with Crippen molar-refractivity contribution >= 4 is 5.78 Å². The van der Waals surface area contributed by atoms with Crippen LogP contribution in [0, 0.1) is 22.7 Å². The van der Waals surface area contributed by atoms with Gasteiger partial charge < -0.3 is 15.3 Å². The molecule has 0 aromatic rings. The molecule has 0 aromatic heterocycles. The van der Waals surface area contributed by atoms with E-state index in [1.807, 2.05) is 20.8 Å². The molecule has 2 saturated carbocycles. The van der Waals surface area contributed by atoms with E-state index in [0.717, 1.165) is 5.57 Å². The highest BCUT2D eigenvalue weighted by atomic mass is 16.3. The van der Waals surface area contributed by atoms with Crippen molar-refractivity contribution in [2.45, 2.75) is 45.3 Å². The molecule has 19 heavy (non-hydrogen) atoms. The molecule has 3 aliphatic rings. The largest absolute Gasteiger partial charge is 0.396 e. The molecule has 3 aliphatic carbocycles. The first-order valence-corrected chi connectivity index (χ1v) is 6.95. The first-order chi connectivity index (χ1) is 8.69. The maximum absolute atomic E-state index is 11.9. The van der Waals surface area contributed by atoms with Gasteiger partial charge in [0.25, 0.3) is 0 Å². The average Bonchev–Trinajstić information content (AvgIpc) is 2.75. The molecule has 6 atom stereocenters. The number of hydrogen-bond donors (Lipinski definition) is 3. The summed E-state index contributed by atoms with van der Waals surface area (Å²) in [6.45, 7) is 5.51. The van der Waals surface area contributed by atoms with Crippen molar-refractivity contribution in [1.82, 2.24) is 0 Å². The van der Waals surface area contributed by atoms with Gasteiger partial charge in [-0.2, -0.15) is 0 Å². The Morgan fingerprint density at radius 1 is 1.42 bits per heavy atom. The fourth-order valence-corrected chi connectivity index (χ4v) is 4.88. The fourth-order valence-electron chi connectivity index (χ4n) is 4.88. The van der Waals surface area contributed by atoms with E-state index in [0.29, 0.717) is 12.8 Å². The highest BCUT2D eigenvalue weighted by molar-refractivity contribution is 5.96. The van der Waals surface area contributed by atoms with Gasteiger partial charge in [-0.1, -0.05) is 26.3 Å². The average molecular weight is 266 g/mol. The molecule has 0 radical (unpaired) electrons. The van der Waals surface area contributed by atoms with Crippen LogP contribution in [0.2, 0.25) is 0 Å². The molecule has 0 amide bonds. The third-order valence-corrected chi connectivity index (χ3v) is 6.16. The van der Waals surface area contributed by atoms with Gasteiger partial charge in [0, 0.05) is 22.7 Å². The molecule has 0 unspecified atom stereocenters. The van der Waals surface area contributed by atoms with E-state index in [2.05, 4.69) is 0 Å². The van der Waals surface area contributed by atoms with Crippen LogP contribution in [0.15, 0.2) is 11.6 Å². The summed E-state index contributed by atoms with van der Waals surface area (Å²) in [5, 5.41) is 31.1. The van der Waals surface area contributed by atoms with E-state index in [4.69, 9.17) is 0 Å². The van der Waals surface area contributed by atoms with Crippen LogP contribution in [0.25, 0.3) is 0 Å². The maximum atomic E-state index is 11.9. The Morgan fingerprint density at radius 3 is 2.63 bits per heavy atom. The smallest absolute Gasteiger partial charge is 0.159 e. The van der Waals surface area contributed by atoms with Crippen molar-refractivity contribution in [3.63, 3.8) is 0 Å². The minimum atomic E-state index is -0.994. The number of aliphatic hydroxyl groups is 3. The zero-order chi connectivity index (χ0) is 14.2. The number of carbonyl (C=O) groups excluding carboxylic acids is 1. The highest BCUT2D eigenvalue weighted by Gasteiger charge is 2.71. The first-order valence-electron chi connectivity index (χ1n) is 6.95. The molecule has 0 spiro atoms. The molecule has 4 nitrogen and oxygen atoms in total. The Labute approximate surface area is 113 Å². The molecule has 2 fully saturated rings. The van der Waals surface area contributed by atoms with Gasteiger partial charge in [-0.05, 0) is 18.9 Å². The highest BCUT2D eigenvalue weighted by Crippen LogP contribution is 2.68. The van der Waals surface area contributed by atoms with Gasteiger partial charge in [0.1, 0.15) is 0 Å². The summed E-state index contributed by atoms with van der Waals surface area (Å²) in [5.74, 6) is -0.494. The van der Waals surface area contributed by atoms with E-state index in [-0.39, 0.29) is 24.2 Å². The van der Waals surface area contributed by atoms with E-state index in [1.165, 1.54) is 0 Å². The van der Waals surface area contributed by atoms with E-state index < -0.39 is 22.5 Å². The van der Waals surface area contributed by atoms with Gasteiger partial charge in [-0.15, -0.1) is 0 Å². The lowest BCUT2D eigenvalue weighted by Crippen LogP contribution is -2.45. The first kappa shape index (κ1) is 13.3. The van der Waals surface area contributed by atoms with Crippen molar-refractivity contribution in [1.29, 1.82) is 0 Å². The van der Waals surface area contributed by atoms with Crippen LogP contribution in [-0.2, 0) is 4.79 Å². The molecular formula is C15H22O4. The predicted octanol–water partition coefficient (Wildman–Crippen LogP) is 0.652. The number of aliphatic hydroxyl groups excluding tert-OH is 2. The quantitative estimate of drug-likeness (QED) is 0.651. The summed E-state index contributed by atoms with van der Waals surface area (Å²) >= 11 is 0. The van der Waals surface area contributed by atoms with Crippen LogP contribution in [0.3, 0.4) is 0 Å². The van der Waals surface area contributed by atoms with Crippen LogP contribution >= 0.6 is 0 Å². The van der Waals surface area contributed by atoms with Crippen molar-refractivity contribution in [3.8, 4) is 0 Å². The number of rotatable bonds is 1. The van der Waals surface area contributed by atoms with Crippen molar-refractivity contribution in [2.24, 2.45) is 22.7 Å². The van der Waals surface area contributed by atoms with Gasteiger partial charge in [0.15, 0.2) is 5.78 Å². The molecule has 3 N–H and O–H groups in total. The lowest BCUT2D eigenvalue weighted by Gasteiger charge is -2.39. The van der Waals surface area contributed by atoms with Crippen LogP contribution in [0.5, 0.6) is 0 Å². The van der Waals surface area contributed by atoms with Crippen molar-refractivity contribution < 1.29 is 20.1 Å². The molecule has 0 heterocycles. The Bertz CT molecular complexity index is 485. The minimum Gasteiger partial charge on any atom is -0.396 e. The van der Waals surface area contributed by atoms with E-state index in [1.54, 1.807) is 6.08 Å². The molecular weight excluding hydrogens is 244 g/mol. The van der Waals surface area contributed by atoms with Crippen molar-refractivity contribution in [3.05, 3.63) is 11.6 Å². The van der Waals surface area contributed by atoms with Gasteiger partial charge >= 0.3 is 0 Å². The summed E-state index contributed by atoms with van der Waals surface area (Å²) in [5.41, 5.74) is -1.18. The number of ketones is 1. The number of hydrogen-bond acceptors (Lipinski definition) is 4. The number of allylic oxidation sites excluding steroid dienone is 1. The molecule has 0 aliphatic heterocycles. The topological polar surface area (TPSA) is 77.8 Å². The summed E-state index contributed by atoms with van der Waals surface area (Å²) in [7, 11) is 0. The SMILES string of the molecule is C[C@H]1C(=O)C=C2C[C@@]3(O)C[C@@](C)(CO)[C@H](O)[C@H]3[C@@]21C. The molecule has 4 heteroatoms. The molecule has 3 rings (SSSR count). The monoisotopic (exact) mass is 266 g/mol. The van der Waals surface area contributed by atoms with Gasteiger partial charge in [0.2, 0.25) is 0 Å². The normalized spacial score (nSPS) is 56.2. The Balaban J connectivity index is 2.11. The van der Waals surface area contributed by atoms with Crippen LogP contribution < -0.4 is 0 Å².